The Kier molecular flexibility index (Phi) is 2.77. The maximum absolute atomic E-state index is 11.5. The summed E-state index contributed by atoms with van der Waals surface area (Å²) in [5, 5.41) is 1.90. The summed E-state index contributed by atoms with van der Waals surface area (Å²) in [6, 6.07) is 11.1. The Morgan fingerprint density at radius 3 is 2.88 bits per heavy atom. The summed E-state index contributed by atoms with van der Waals surface area (Å²) in [6.45, 7) is 2.16. The average Bonchev–Trinajstić information content (AvgIpc) is 2.29. The Morgan fingerprint density at radius 1 is 1.31 bits per heavy atom. The number of hydrogen-bond donors (Lipinski definition) is 1. The quantitative estimate of drug-likeness (QED) is 0.618. The van der Waals surface area contributed by atoms with Crippen LogP contribution in [0.5, 0.6) is 0 Å². The van der Waals surface area contributed by atoms with Crippen LogP contribution in [0.25, 0.3) is 10.8 Å². The molecule has 16 heavy (non-hydrogen) atoms. The molecule has 3 nitrogen and oxygen atoms in total. The molecule has 82 valence electrons. The van der Waals surface area contributed by atoms with Gasteiger partial charge in [0.2, 0.25) is 0 Å². The molecule has 0 radical (unpaired) electrons. The van der Waals surface area contributed by atoms with E-state index in [4.69, 9.17) is 10.5 Å². The van der Waals surface area contributed by atoms with Gasteiger partial charge in [0, 0.05) is 11.1 Å². The van der Waals surface area contributed by atoms with Crippen molar-refractivity contribution in [2.75, 3.05) is 12.3 Å². The van der Waals surface area contributed by atoms with Crippen LogP contribution in [-0.4, -0.2) is 12.6 Å². The van der Waals surface area contributed by atoms with Crippen molar-refractivity contribution in [2.45, 2.75) is 6.92 Å². The third-order valence-corrected chi connectivity index (χ3v) is 2.43. The van der Waals surface area contributed by atoms with Crippen molar-refractivity contribution in [1.82, 2.24) is 0 Å². The van der Waals surface area contributed by atoms with Gasteiger partial charge in [-0.1, -0.05) is 18.2 Å². The molecule has 0 aromatic heterocycles. The number of hydrogen-bond acceptors (Lipinski definition) is 3. The summed E-state index contributed by atoms with van der Waals surface area (Å²) in [7, 11) is 0. The van der Waals surface area contributed by atoms with Crippen molar-refractivity contribution in [1.29, 1.82) is 0 Å². The van der Waals surface area contributed by atoms with Crippen molar-refractivity contribution in [3.05, 3.63) is 42.0 Å². The van der Waals surface area contributed by atoms with E-state index in [1.165, 1.54) is 0 Å². The standard InChI is InChI=1S/C13H13NO2/c1-2-16-13(15)10-7-6-9-4-3-5-12(14)11(9)8-10/h3-8H,2,14H2,1H3. The number of esters is 1. The molecule has 0 aliphatic carbocycles. The van der Waals surface area contributed by atoms with Gasteiger partial charge in [0.1, 0.15) is 0 Å². The van der Waals surface area contributed by atoms with E-state index in [2.05, 4.69) is 0 Å². The molecule has 3 heteroatoms. The molecule has 0 fully saturated rings. The van der Waals surface area contributed by atoms with Gasteiger partial charge in [-0.05, 0) is 30.5 Å². The minimum atomic E-state index is -0.312. The van der Waals surface area contributed by atoms with Gasteiger partial charge in [0.25, 0.3) is 0 Å². The van der Waals surface area contributed by atoms with E-state index in [0.29, 0.717) is 17.9 Å². The summed E-state index contributed by atoms with van der Waals surface area (Å²) in [4.78, 5) is 11.5. The highest BCUT2D eigenvalue weighted by atomic mass is 16.5. The van der Waals surface area contributed by atoms with Crippen LogP contribution in [0.2, 0.25) is 0 Å². The van der Waals surface area contributed by atoms with Gasteiger partial charge in [-0.25, -0.2) is 4.79 Å². The third kappa shape index (κ3) is 1.84. The fourth-order valence-corrected chi connectivity index (χ4v) is 1.64. The molecule has 0 atom stereocenters. The Bertz CT molecular complexity index is 534. The van der Waals surface area contributed by atoms with E-state index < -0.39 is 0 Å². The number of carbonyl (C=O) groups is 1. The summed E-state index contributed by atoms with van der Waals surface area (Å²) < 4.78 is 4.94. The van der Waals surface area contributed by atoms with E-state index in [1.54, 1.807) is 19.1 Å². The van der Waals surface area contributed by atoms with Crippen LogP contribution in [-0.2, 0) is 4.74 Å². The second-order valence-corrected chi connectivity index (χ2v) is 3.50. The van der Waals surface area contributed by atoms with Gasteiger partial charge in [0.05, 0.1) is 12.2 Å². The van der Waals surface area contributed by atoms with Crippen molar-refractivity contribution < 1.29 is 9.53 Å². The van der Waals surface area contributed by atoms with Crippen LogP contribution in [0.15, 0.2) is 36.4 Å². The molecule has 2 aromatic rings. The smallest absolute Gasteiger partial charge is 0.338 e. The topological polar surface area (TPSA) is 52.3 Å². The van der Waals surface area contributed by atoms with Gasteiger partial charge in [-0.15, -0.1) is 0 Å². The van der Waals surface area contributed by atoms with Crippen LogP contribution in [0.3, 0.4) is 0 Å². The second-order valence-electron chi connectivity index (χ2n) is 3.50. The predicted molar refractivity (Wildman–Crippen MR) is 64.3 cm³/mol. The number of carbonyl (C=O) groups excluding carboxylic acids is 1. The molecule has 0 saturated carbocycles. The number of anilines is 1. The van der Waals surface area contributed by atoms with E-state index in [0.717, 1.165) is 10.8 Å². The zero-order valence-electron chi connectivity index (χ0n) is 9.07. The van der Waals surface area contributed by atoms with Crippen LogP contribution >= 0.6 is 0 Å². The van der Waals surface area contributed by atoms with Crippen LogP contribution in [0.4, 0.5) is 5.69 Å². The fourth-order valence-electron chi connectivity index (χ4n) is 1.64. The summed E-state index contributed by atoms with van der Waals surface area (Å²) in [5.74, 6) is -0.312. The maximum atomic E-state index is 11.5. The Balaban J connectivity index is 2.51. The lowest BCUT2D eigenvalue weighted by atomic mass is 10.1. The minimum absolute atomic E-state index is 0.312. The SMILES string of the molecule is CCOC(=O)c1ccc2cccc(N)c2c1. The lowest BCUT2D eigenvalue weighted by molar-refractivity contribution is 0.0526. The largest absolute Gasteiger partial charge is 0.462 e. The first-order chi connectivity index (χ1) is 7.72. The summed E-state index contributed by atoms with van der Waals surface area (Å²) in [5.41, 5.74) is 7.05. The monoisotopic (exact) mass is 215 g/mol. The number of fused-ring (bicyclic) bond motifs is 1. The van der Waals surface area contributed by atoms with Crippen LogP contribution in [0.1, 0.15) is 17.3 Å². The molecule has 0 saturated heterocycles. The van der Waals surface area contributed by atoms with E-state index in [9.17, 15) is 4.79 Å². The molecule has 0 aliphatic rings. The number of nitrogen functional groups attached to an aromatic ring is 1. The van der Waals surface area contributed by atoms with Gasteiger partial charge in [-0.2, -0.15) is 0 Å². The number of nitrogens with two attached hydrogens (primary N) is 1. The van der Waals surface area contributed by atoms with E-state index >= 15 is 0 Å². The Morgan fingerprint density at radius 2 is 2.12 bits per heavy atom. The van der Waals surface area contributed by atoms with E-state index in [1.807, 2.05) is 24.3 Å². The van der Waals surface area contributed by atoms with Gasteiger partial charge < -0.3 is 10.5 Å². The molecule has 2 rings (SSSR count). The molecular formula is C13H13NO2. The summed E-state index contributed by atoms with van der Waals surface area (Å²) in [6.07, 6.45) is 0. The van der Waals surface area contributed by atoms with Crippen LogP contribution < -0.4 is 5.73 Å². The molecule has 0 aliphatic heterocycles. The molecule has 2 N–H and O–H groups in total. The molecule has 0 bridgehead atoms. The van der Waals surface area contributed by atoms with Crippen LogP contribution in [0, 0.1) is 0 Å². The first-order valence-corrected chi connectivity index (χ1v) is 5.17. The fraction of sp³-hybridized carbons (Fsp3) is 0.154. The maximum Gasteiger partial charge on any atom is 0.338 e. The Labute approximate surface area is 93.8 Å². The van der Waals surface area contributed by atoms with Gasteiger partial charge in [-0.3, -0.25) is 0 Å². The van der Waals surface area contributed by atoms with E-state index in [-0.39, 0.29) is 5.97 Å². The number of ether oxygens (including phenoxy) is 1. The second kappa shape index (κ2) is 4.23. The molecule has 0 spiro atoms. The molecule has 2 aromatic carbocycles. The highest BCUT2D eigenvalue weighted by molar-refractivity contribution is 5.99. The van der Waals surface area contributed by atoms with Gasteiger partial charge >= 0.3 is 5.97 Å². The number of benzene rings is 2. The van der Waals surface area contributed by atoms with Crippen molar-refractivity contribution in [3.63, 3.8) is 0 Å². The number of rotatable bonds is 2. The average molecular weight is 215 g/mol. The minimum Gasteiger partial charge on any atom is -0.462 e. The lowest BCUT2D eigenvalue weighted by Crippen LogP contribution is -2.04. The zero-order valence-corrected chi connectivity index (χ0v) is 9.07. The first-order valence-electron chi connectivity index (χ1n) is 5.17. The molecule has 0 unspecified atom stereocenters. The third-order valence-electron chi connectivity index (χ3n) is 2.43. The highest BCUT2D eigenvalue weighted by Gasteiger charge is 2.07. The van der Waals surface area contributed by atoms with Gasteiger partial charge in [0.15, 0.2) is 0 Å². The zero-order chi connectivity index (χ0) is 11.5. The molecular weight excluding hydrogens is 202 g/mol. The first kappa shape index (κ1) is 10.5. The van der Waals surface area contributed by atoms with Crippen molar-refractivity contribution in [3.8, 4) is 0 Å². The van der Waals surface area contributed by atoms with Crippen molar-refractivity contribution in [2.24, 2.45) is 0 Å². The normalized spacial score (nSPS) is 10.3. The Hall–Kier alpha value is -2.03. The molecule has 0 amide bonds. The van der Waals surface area contributed by atoms with Crippen molar-refractivity contribution >= 4 is 22.4 Å². The molecule has 0 heterocycles. The lowest BCUT2D eigenvalue weighted by Gasteiger charge is -2.05. The predicted octanol–water partition coefficient (Wildman–Crippen LogP) is 2.60. The highest BCUT2D eigenvalue weighted by Crippen LogP contribution is 2.22. The summed E-state index contributed by atoms with van der Waals surface area (Å²) >= 11 is 0.